The van der Waals surface area contributed by atoms with Gasteiger partial charge in [-0.1, -0.05) is 54.6 Å². The molecule has 1 atom stereocenters. The molecule has 0 bridgehead atoms. The molecule has 31 heavy (non-hydrogen) atoms. The van der Waals surface area contributed by atoms with E-state index in [1.165, 1.54) is 5.56 Å². The van der Waals surface area contributed by atoms with Crippen molar-refractivity contribution in [3.8, 4) is 11.1 Å². The number of hydrogen-bond acceptors (Lipinski definition) is 3. The number of amides is 1. The molecule has 0 heterocycles. The highest BCUT2D eigenvalue weighted by atomic mass is 16.3. The van der Waals surface area contributed by atoms with E-state index in [9.17, 15) is 9.90 Å². The Labute approximate surface area is 186 Å². The minimum absolute atomic E-state index is 0.0151. The molecular weight excluding hydrogens is 384 g/mol. The van der Waals surface area contributed by atoms with E-state index in [2.05, 4.69) is 62.3 Å². The lowest BCUT2D eigenvalue weighted by Gasteiger charge is -2.27. The van der Waals surface area contributed by atoms with Crippen LogP contribution in [0.4, 0.5) is 0 Å². The first-order valence-corrected chi connectivity index (χ1v) is 11.1. The summed E-state index contributed by atoms with van der Waals surface area (Å²) in [6.45, 7) is 6.86. The zero-order valence-electron chi connectivity index (χ0n) is 19.3. The van der Waals surface area contributed by atoms with Crippen LogP contribution in [0.2, 0.25) is 0 Å². The molecule has 3 aromatic rings. The number of rotatable bonds is 8. The van der Waals surface area contributed by atoms with Gasteiger partial charge in [-0.05, 0) is 74.8 Å². The SMILES string of the molecule is CC(c1ccc(-c2ccc(C(=O)N(CCCO)C(C)C)c3ccccc23)cc1)N(C)C. The minimum atomic E-state index is 0.0151. The number of benzene rings is 3. The van der Waals surface area contributed by atoms with E-state index < -0.39 is 0 Å². The molecule has 0 radical (unpaired) electrons. The summed E-state index contributed by atoms with van der Waals surface area (Å²) in [6.07, 6.45) is 0.581. The largest absolute Gasteiger partial charge is 0.396 e. The van der Waals surface area contributed by atoms with Gasteiger partial charge in [0.15, 0.2) is 0 Å². The highest BCUT2D eigenvalue weighted by molar-refractivity contribution is 6.11. The summed E-state index contributed by atoms with van der Waals surface area (Å²) in [4.78, 5) is 17.4. The Hall–Kier alpha value is -2.69. The van der Waals surface area contributed by atoms with Crippen molar-refractivity contribution in [2.45, 2.75) is 39.3 Å². The molecule has 3 aromatic carbocycles. The summed E-state index contributed by atoms with van der Waals surface area (Å²) in [6, 6.07) is 21.3. The fourth-order valence-corrected chi connectivity index (χ4v) is 3.97. The van der Waals surface area contributed by atoms with Gasteiger partial charge in [-0.3, -0.25) is 4.79 Å². The number of carbonyl (C=O) groups excluding carboxylic acids is 1. The average Bonchev–Trinajstić information content (AvgIpc) is 2.77. The molecule has 0 saturated heterocycles. The lowest BCUT2D eigenvalue weighted by molar-refractivity contribution is 0.0695. The summed E-state index contributed by atoms with van der Waals surface area (Å²) in [5, 5.41) is 11.3. The van der Waals surface area contributed by atoms with Crippen LogP contribution in [-0.4, -0.2) is 54.1 Å². The number of nitrogens with zero attached hydrogens (tertiary/aromatic N) is 2. The maximum absolute atomic E-state index is 13.4. The zero-order valence-corrected chi connectivity index (χ0v) is 19.3. The Balaban J connectivity index is 2.03. The first kappa shape index (κ1) is 23.0. The quantitative estimate of drug-likeness (QED) is 0.535. The van der Waals surface area contributed by atoms with E-state index in [4.69, 9.17) is 0 Å². The van der Waals surface area contributed by atoms with E-state index in [0.717, 1.165) is 21.9 Å². The van der Waals surface area contributed by atoms with Gasteiger partial charge in [0, 0.05) is 30.8 Å². The Bertz CT molecular complexity index is 1030. The van der Waals surface area contributed by atoms with E-state index in [-0.39, 0.29) is 18.6 Å². The first-order chi connectivity index (χ1) is 14.8. The van der Waals surface area contributed by atoms with Crippen molar-refractivity contribution in [1.82, 2.24) is 9.80 Å². The van der Waals surface area contributed by atoms with Gasteiger partial charge in [0.2, 0.25) is 0 Å². The number of aliphatic hydroxyl groups is 1. The van der Waals surface area contributed by atoms with Crippen LogP contribution >= 0.6 is 0 Å². The summed E-state index contributed by atoms with van der Waals surface area (Å²) >= 11 is 0. The van der Waals surface area contributed by atoms with Crippen molar-refractivity contribution in [3.63, 3.8) is 0 Å². The van der Waals surface area contributed by atoms with Crippen LogP contribution in [0.25, 0.3) is 21.9 Å². The Morgan fingerprint density at radius 1 is 0.903 bits per heavy atom. The topological polar surface area (TPSA) is 43.8 Å². The molecule has 0 aliphatic rings. The van der Waals surface area contributed by atoms with Crippen molar-refractivity contribution in [1.29, 1.82) is 0 Å². The van der Waals surface area contributed by atoms with Crippen molar-refractivity contribution < 1.29 is 9.90 Å². The number of aliphatic hydroxyl groups excluding tert-OH is 1. The smallest absolute Gasteiger partial charge is 0.254 e. The molecule has 0 aliphatic carbocycles. The van der Waals surface area contributed by atoms with Gasteiger partial charge in [-0.25, -0.2) is 0 Å². The molecule has 1 amide bonds. The van der Waals surface area contributed by atoms with Crippen molar-refractivity contribution in [2.75, 3.05) is 27.2 Å². The van der Waals surface area contributed by atoms with Crippen LogP contribution in [0.5, 0.6) is 0 Å². The van der Waals surface area contributed by atoms with Crippen LogP contribution < -0.4 is 0 Å². The molecule has 1 unspecified atom stereocenters. The normalized spacial score (nSPS) is 12.5. The monoisotopic (exact) mass is 418 g/mol. The van der Waals surface area contributed by atoms with E-state index in [1.807, 2.05) is 43.0 Å². The van der Waals surface area contributed by atoms with Gasteiger partial charge >= 0.3 is 0 Å². The Morgan fingerprint density at radius 2 is 1.55 bits per heavy atom. The van der Waals surface area contributed by atoms with E-state index in [0.29, 0.717) is 24.6 Å². The number of carbonyl (C=O) groups is 1. The Kier molecular flexibility index (Phi) is 7.47. The maximum atomic E-state index is 13.4. The van der Waals surface area contributed by atoms with Crippen molar-refractivity contribution in [2.24, 2.45) is 0 Å². The molecule has 0 spiro atoms. The molecule has 1 N–H and O–H groups in total. The van der Waals surface area contributed by atoms with Gasteiger partial charge in [0.1, 0.15) is 0 Å². The molecular formula is C27H34N2O2. The maximum Gasteiger partial charge on any atom is 0.254 e. The standard InChI is InChI=1S/C27H34N2O2/c1-19(2)29(17-8-18-30)27(31)26-16-15-23(24-9-6-7-10-25(24)26)22-13-11-21(12-14-22)20(3)28(4)5/h6-7,9-16,19-20,30H,8,17-18H2,1-5H3. The molecule has 3 rings (SSSR count). The number of hydrogen-bond donors (Lipinski definition) is 1. The highest BCUT2D eigenvalue weighted by Gasteiger charge is 2.21. The third-order valence-electron chi connectivity index (χ3n) is 6.07. The van der Waals surface area contributed by atoms with Gasteiger partial charge in [0.25, 0.3) is 5.91 Å². The Morgan fingerprint density at radius 3 is 2.13 bits per heavy atom. The minimum Gasteiger partial charge on any atom is -0.396 e. The second kappa shape index (κ2) is 10.1. The van der Waals surface area contributed by atoms with Gasteiger partial charge in [-0.2, -0.15) is 0 Å². The predicted octanol–water partition coefficient (Wildman–Crippen LogP) is 5.36. The molecule has 0 aromatic heterocycles. The third-order valence-corrected chi connectivity index (χ3v) is 6.07. The zero-order chi connectivity index (χ0) is 22.5. The summed E-state index contributed by atoms with van der Waals surface area (Å²) in [7, 11) is 4.17. The van der Waals surface area contributed by atoms with Crippen molar-refractivity contribution >= 4 is 16.7 Å². The van der Waals surface area contributed by atoms with Crippen LogP contribution in [-0.2, 0) is 0 Å². The molecule has 0 fully saturated rings. The summed E-state index contributed by atoms with van der Waals surface area (Å²) < 4.78 is 0. The van der Waals surface area contributed by atoms with E-state index in [1.54, 1.807) is 0 Å². The lowest BCUT2D eigenvalue weighted by Crippen LogP contribution is -2.38. The third kappa shape index (κ3) is 4.97. The van der Waals surface area contributed by atoms with Crippen LogP contribution in [0, 0.1) is 0 Å². The second-order valence-corrected chi connectivity index (χ2v) is 8.64. The van der Waals surface area contributed by atoms with Crippen LogP contribution in [0.15, 0.2) is 60.7 Å². The fraction of sp³-hybridized carbons (Fsp3) is 0.370. The first-order valence-electron chi connectivity index (χ1n) is 11.1. The molecule has 4 nitrogen and oxygen atoms in total. The fourth-order valence-electron chi connectivity index (χ4n) is 3.97. The molecule has 0 aliphatic heterocycles. The molecule has 4 heteroatoms. The van der Waals surface area contributed by atoms with E-state index >= 15 is 0 Å². The summed E-state index contributed by atoms with van der Waals surface area (Å²) in [5.41, 5.74) is 4.26. The van der Waals surface area contributed by atoms with Crippen LogP contribution in [0.1, 0.15) is 49.2 Å². The van der Waals surface area contributed by atoms with Gasteiger partial charge in [0.05, 0.1) is 0 Å². The van der Waals surface area contributed by atoms with Crippen molar-refractivity contribution in [3.05, 3.63) is 71.8 Å². The molecule has 0 saturated carbocycles. The summed E-state index contributed by atoms with van der Waals surface area (Å²) in [5.74, 6) is 0.0151. The predicted molar refractivity (Wildman–Crippen MR) is 129 cm³/mol. The van der Waals surface area contributed by atoms with Gasteiger partial charge < -0.3 is 14.9 Å². The van der Waals surface area contributed by atoms with Crippen LogP contribution in [0.3, 0.4) is 0 Å². The second-order valence-electron chi connectivity index (χ2n) is 8.64. The highest BCUT2D eigenvalue weighted by Crippen LogP contribution is 2.32. The molecule has 164 valence electrons. The lowest BCUT2D eigenvalue weighted by atomic mass is 9.93. The average molecular weight is 419 g/mol. The van der Waals surface area contributed by atoms with Gasteiger partial charge in [-0.15, -0.1) is 0 Å². The number of fused-ring (bicyclic) bond motifs is 1.